The second-order valence-electron chi connectivity index (χ2n) is 4.17. The summed E-state index contributed by atoms with van der Waals surface area (Å²) in [6, 6.07) is 6.26. The topological polar surface area (TPSA) is 37.3 Å². The van der Waals surface area contributed by atoms with Crippen molar-refractivity contribution in [1.29, 1.82) is 0 Å². The van der Waals surface area contributed by atoms with E-state index in [-0.39, 0.29) is 6.42 Å². The van der Waals surface area contributed by atoms with E-state index in [1.165, 1.54) is 10.5 Å². The number of benzene rings is 1. The highest BCUT2D eigenvalue weighted by atomic mass is 32.2. The first-order valence-corrected chi connectivity index (χ1v) is 6.35. The molecule has 0 spiro atoms. The first-order chi connectivity index (χ1) is 7.49. The molecule has 16 heavy (non-hydrogen) atoms. The number of carbonyl (C=O) groups is 1. The van der Waals surface area contributed by atoms with Crippen LogP contribution in [0.15, 0.2) is 23.1 Å². The van der Waals surface area contributed by atoms with Crippen molar-refractivity contribution >= 4 is 17.7 Å². The minimum absolute atomic E-state index is 0.203. The van der Waals surface area contributed by atoms with E-state index in [4.69, 9.17) is 5.11 Å². The second-order valence-corrected chi connectivity index (χ2v) is 5.79. The van der Waals surface area contributed by atoms with Gasteiger partial charge in [0.15, 0.2) is 0 Å². The fourth-order valence-electron chi connectivity index (χ4n) is 1.51. The van der Waals surface area contributed by atoms with Crippen LogP contribution in [0, 0.1) is 6.92 Å². The fourth-order valence-corrected chi connectivity index (χ4v) is 2.48. The van der Waals surface area contributed by atoms with Crippen LogP contribution in [0.1, 0.15) is 31.4 Å². The average Bonchev–Trinajstić information content (AvgIpc) is 2.17. The van der Waals surface area contributed by atoms with Gasteiger partial charge in [0.05, 0.1) is 0 Å². The summed E-state index contributed by atoms with van der Waals surface area (Å²) < 4.78 is 0. The van der Waals surface area contributed by atoms with Crippen LogP contribution in [-0.2, 0) is 11.2 Å². The van der Waals surface area contributed by atoms with Crippen molar-refractivity contribution in [1.82, 2.24) is 0 Å². The van der Waals surface area contributed by atoms with Crippen LogP contribution in [0.5, 0.6) is 0 Å². The van der Waals surface area contributed by atoms with E-state index in [1.807, 2.05) is 6.92 Å². The fraction of sp³-hybridized carbons (Fsp3) is 0.462. The molecule has 3 heteroatoms. The number of thioether (sulfide) groups is 1. The molecule has 0 unspecified atom stereocenters. The van der Waals surface area contributed by atoms with Gasteiger partial charge in [0.25, 0.3) is 0 Å². The molecule has 0 amide bonds. The van der Waals surface area contributed by atoms with Crippen molar-refractivity contribution in [3.05, 3.63) is 29.3 Å². The van der Waals surface area contributed by atoms with Crippen LogP contribution < -0.4 is 0 Å². The zero-order valence-electron chi connectivity index (χ0n) is 9.99. The largest absolute Gasteiger partial charge is 0.481 e. The van der Waals surface area contributed by atoms with Crippen LogP contribution in [0.4, 0.5) is 0 Å². The molecule has 0 saturated carbocycles. The van der Waals surface area contributed by atoms with Crippen molar-refractivity contribution < 1.29 is 9.90 Å². The van der Waals surface area contributed by atoms with E-state index >= 15 is 0 Å². The molecule has 1 rings (SSSR count). The molecular weight excluding hydrogens is 220 g/mol. The molecule has 1 aromatic carbocycles. The maximum atomic E-state index is 10.6. The summed E-state index contributed by atoms with van der Waals surface area (Å²) in [5.74, 6) is -0.734. The highest BCUT2D eigenvalue weighted by Gasteiger charge is 2.07. The quantitative estimate of drug-likeness (QED) is 0.798. The number of rotatable bonds is 5. The lowest BCUT2D eigenvalue weighted by atomic mass is 10.1. The Labute approximate surface area is 101 Å². The smallest absolute Gasteiger partial charge is 0.303 e. The Morgan fingerprint density at radius 1 is 1.44 bits per heavy atom. The van der Waals surface area contributed by atoms with Crippen LogP contribution in [0.2, 0.25) is 0 Å². The van der Waals surface area contributed by atoms with Gasteiger partial charge in [0.1, 0.15) is 0 Å². The first-order valence-electron chi connectivity index (χ1n) is 5.47. The van der Waals surface area contributed by atoms with Gasteiger partial charge in [-0.2, -0.15) is 0 Å². The Morgan fingerprint density at radius 3 is 2.69 bits per heavy atom. The number of aryl methyl sites for hydroxylation is 2. The summed E-state index contributed by atoms with van der Waals surface area (Å²) in [6.07, 6.45) is 0.821. The van der Waals surface area contributed by atoms with Crippen molar-refractivity contribution in [3.8, 4) is 0 Å². The molecule has 0 aliphatic heterocycles. The predicted molar refractivity (Wildman–Crippen MR) is 68.1 cm³/mol. The van der Waals surface area contributed by atoms with Crippen LogP contribution in [0.3, 0.4) is 0 Å². The zero-order valence-corrected chi connectivity index (χ0v) is 10.8. The van der Waals surface area contributed by atoms with E-state index in [0.717, 1.165) is 5.56 Å². The van der Waals surface area contributed by atoms with Gasteiger partial charge in [-0.3, -0.25) is 4.79 Å². The second kappa shape index (κ2) is 5.94. The molecule has 0 radical (unpaired) electrons. The van der Waals surface area contributed by atoms with Crippen LogP contribution in [-0.4, -0.2) is 16.3 Å². The van der Waals surface area contributed by atoms with Gasteiger partial charge in [-0.25, -0.2) is 0 Å². The molecule has 1 aromatic rings. The van der Waals surface area contributed by atoms with Crippen LogP contribution in [0.25, 0.3) is 0 Å². The molecule has 88 valence electrons. The number of carboxylic acids is 1. The van der Waals surface area contributed by atoms with Gasteiger partial charge >= 0.3 is 5.97 Å². The van der Waals surface area contributed by atoms with E-state index in [1.54, 1.807) is 11.8 Å². The zero-order chi connectivity index (χ0) is 12.1. The van der Waals surface area contributed by atoms with Crippen molar-refractivity contribution in [2.24, 2.45) is 0 Å². The van der Waals surface area contributed by atoms with Gasteiger partial charge < -0.3 is 5.11 Å². The Morgan fingerprint density at radius 2 is 2.12 bits per heavy atom. The molecular formula is C13H18O2S. The van der Waals surface area contributed by atoms with Crippen LogP contribution >= 0.6 is 11.8 Å². The summed E-state index contributed by atoms with van der Waals surface area (Å²) >= 11 is 1.79. The average molecular weight is 238 g/mol. The third-order valence-corrected chi connectivity index (χ3v) is 3.31. The van der Waals surface area contributed by atoms with Crippen molar-refractivity contribution in [2.75, 3.05) is 0 Å². The van der Waals surface area contributed by atoms with Crippen molar-refractivity contribution in [3.63, 3.8) is 0 Å². The first kappa shape index (κ1) is 13.1. The maximum absolute atomic E-state index is 10.6. The number of hydrogen-bond donors (Lipinski definition) is 1. The standard InChI is InChI=1S/C13H18O2S/c1-9(2)16-12-6-4-10(3)8-11(12)5-7-13(14)15/h4,6,8-9H,5,7H2,1-3H3,(H,14,15). The molecule has 0 atom stereocenters. The van der Waals surface area contributed by atoms with E-state index in [0.29, 0.717) is 11.7 Å². The monoisotopic (exact) mass is 238 g/mol. The van der Waals surface area contributed by atoms with E-state index in [2.05, 4.69) is 32.0 Å². The molecule has 0 fully saturated rings. The molecule has 0 heterocycles. The molecule has 1 N–H and O–H groups in total. The van der Waals surface area contributed by atoms with E-state index in [9.17, 15) is 4.79 Å². The van der Waals surface area contributed by atoms with Gasteiger partial charge in [-0.1, -0.05) is 31.5 Å². The lowest BCUT2D eigenvalue weighted by Crippen LogP contribution is -2.00. The summed E-state index contributed by atoms with van der Waals surface area (Å²) in [7, 11) is 0. The minimum atomic E-state index is -0.734. The normalized spacial score (nSPS) is 10.8. The number of carboxylic acid groups (broad SMARTS) is 1. The Hall–Kier alpha value is -0.960. The SMILES string of the molecule is Cc1ccc(SC(C)C)c(CCC(=O)O)c1. The summed E-state index contributed by atoms with van der Waals surface area (Å²) in [5, 5.41) is 9.23. The predicted octanol–water partition coefficient (Wildman–Crippen LogP) is 3.51. The number of hydrogen-bond acceptors (Lipinski definition) is 2. The maximum Gasteiger partial charge on any atom is 0.303 e. The van der Waals surface area contributed by atoms with Gasteiger partial charge in [0, 0.05) is 16.6 Å². The molecule has 0 aromatic heterocycles. The Kier molecular flexibility index (Phi) is 4.87. The third kappa shape index (κ3) is 4.27. The highest BCUT2D eigenvalue weighted by Crippen LogP contribution is 2.28. The molecule has 0 saturated heterocycles. The van der Waals surface area contributed by atoms with Gasteiger partial charge in [-0.15, -0.1) is 11.8 Å². The summed E-state index contributed by atoms with van der Waals surface area (Å²) in [4.78, 5) is 11.8. The van der Waals surface area contributed by atoms with Crippen molar-refractivity contribution in [2.45, 2.75) is 43.8 Å². The highest BCUT2D eigenvalue weighted by molar-refractivity contribution is 8.00. The Balaban J connectivity index is 2.84. The summed E-state index contributed by atoms with van der Waals surface area (Å²) in [6.45, 7) is 6.32. The minimum Gasteiger partial charge on any atom is -0.481 e. The van der Waals surface area contributed by atoms with Gasteiger partial charge in [-0.05, 0) is 25.0 Å². The summed E-state index contributed by atoms with van der Waals surface area (Å²) in [5.41, 5.74) is 2.34. The molecule has 0 aliphatic carbocycles. The lowest BCUT2D eigenvalue weighted by Gasteiger charge is -2.11. The number of aliphatic carboxylic acids is 1. The molecule has 0 bridgehead atoms. The Bertz CT molecular complexity index is 372. The third-order valence-electron chi connectivity index (χ3n) is 2.19. The van der Waals surface area contributed by atoms with Gasteiger partial charge in [0.2, 0.25) is 0 Å². The molecule has 2 nitrogen and oxygen atoms in total. The molecule has 0 aliphatic rings. The lowest BCUT2D eigenvalue weighted by molar-refractivity contribution is -0.136. The van der Waals surface area contributed by atoms with E-state index < -0.39 is 5.97 Å².